The van der Waals surface area contributed by atoms with Crippen molar-refractivity contribution in [3.63, 3.8) is 0 Å². The summed E-state index contributed by atoms with van der Waals surface area (Å²) in [6.07, 6.45) is 2.13. The minimum atomic E-state index is -2.86. The number of rotatable bonds is 6. The number of anilines is 2. The standard InChI is InChI=1S/C18H20N2O4S2/c1-24-18(21)13-11-15(19-26(22)23)17(25-14-7-3-2-4-8-14)16(12-13)20-9-5-6-10-20/h2-4,7-8,11-12,26H,5-6,9-10H2,1H3,(H,19,22,23). The number of benzene rings is 2. The van der Waals surface area contributed by atoms with Crippen LogP contribution in [0.2, 0.25) is 0 Å². The maximum Gasteiger partial charge on any atom is 0.338 e. The molecule has 0 radical (unpaired) electrons. The molecule has 0 aliphatic carbocycles. The summed E-state index contributed by atoms with van der Waals surface area (Å²) in [4.78, 5) is 16.0. The van der Waals surface area contributed by atoms with Crippen LogP contribution in [0.15, 0.2) is 52.3 Å². The molecule has 0 unspecified atom stereocenters. The van der Waals surface area contributed by atoms with Crippen molar-refractivity contribution in [3.8, 4) is 0 Å². The fourth-order valence-electron chi connectivity index (χ4n) is 2.94. The van der Waals surface area contributed by atoms with Crippen LogP contribution in [-0.2, 0) is 15.6 Å². The van der Waals surface area contributed by atoms with Crippen molar-refractivity contribution in [1.29, 1.82) is 0 Å². The van der Waals surface area contributed by atoms with Crippen LogP contribution in [0, 0.1) is 0 Å². The lowest BCUT2D eigenvalue weighted by atomic mass is 10.1. The summed E-state index contributed by atoms with van der Waals surface area (Å²) >= 11 is 1.47. The highest BCUT2D eigenvalue weighted by Crippen LogP contribution is 2.43. The summed E-state index contributed by atoms with van der Waals surface area (Å²) in [6, 6.07) is 13.0. The zero-order valence-electron chi connectivity index (χ0n) is 14.3. The molecule has 0 spiro atoms. The van der Waals surface area contributed by atoms with E-state index in [9.17, 15) is 13.2 Å². The molecule has 0 bridgehead atoms. The van der Waals surface area contributed by atoms with Gasteiger partial charge in [-0.15, -0.1) is 0 Å². The van der Waals surface area contributed by atoms with Crippen molar-refractivity contribution in [3.05, 3.63) is 48.0 Å². The Morgan fingerprint density at radius 3 is 2.46 bits per heavy atom. The second kappa shape index (κ2) is 8.46. The second-order valence-corrected chi connectivity index (χ2v) is 7.66. The number of esters is 1. The summed E-state index contributed by atoms with van der Waals surface area (Å²) in [6.45, 7) is 1.74. The zero-order valence-corrected chi connectivity index (χ0v) is 16.0. The highest BCUT2D eigenvalue weighted by molar-refractivity contribution is 7.99. The Labute approximate surface area is 158 Å². The predicted molar refractivity (Wildman–Crippen MR) is 104 cm³/mol. The summed E-state index contributed by atoms with van der Waals surface area (Å²) in [5.41, 5.74) is 1.56. The number of nitrogens with one attached hydrogen (secondary N) is 1. The molecular weight excluding hydrogens is 372 g/mol. The smallest absolute Gasteiger partial charge is 0.338 e. The van der Waals surface area contributed by atoms with E-state index in [1.807, 2.05) is 30.3 Å². The van der Waals surface area contributed by atoms with Crippen LogP contribution < -0.4 is 9.62 Å². The van der Waals surface area contributed by atoms with Crippen LogP contribution in [0.1, 0.15) is 23.2 Å². The first-order valence-corrected chi connectivity index (χ1v) is 10.2. The summed E-state index contributed by atoms with van der Waals surface area (Å²) < 4.78 is 30.0. The Morgan fingerprint density at radius 1 is 1.15 bits per heavy atom. The Morgan fingerprint density at radius 2 is 1.85 bits per heavy atom. The Kier molecular flexibility index (Phi) is 6.05. The highest BCUT2D eigenvalue weighted by atomic mass is 32.2. The minimum absolute atomic E-state index is 0.325. The highest BCUT2D eigenvalue weighted by Gasteiger charge is 2.22. The summed E-state index contributed by atoms with van der Waals surface area (Å²) in [5.74, 6) is -0.495. The number of nitrogens with zero attached hydrogens (tertiary/aromatic N) is 1. The second-order valence-electron chi connectivity index (χ2n) is 5.84. The third-order valence-electron chi connectivity index (χ3n) is 4.11. The van der Waals surface area contributed by atoms with E-state index in [0.29, 0.717) is 11.3 Å². The topological polar surface area (TPSA) is 75.7 Å². The Balaban J connectivity index is 2.14. The first-order chi connectivity index (χ1) is 12.6. The number of ether oxygens (including phenoxy) is 1. The molecule has 2 aromatic carbocycles. The van der Waals surface area contributed by atoms with Crippen molar-refractivity contribution >= 4 is 40.0 Å². The molecule has 0 atom stereocenters. The summed E-state index contributed by atoms with van der Waals surface area (Å²) in [7, 11) is -1.55. The van der Waals surface area contributed by atoms with E-state index in [4.69, 9.17) is 4.74 Å². The Bertz CT molecular complexity index is 855. The molecule has 2 aromatic rings. The number of thiol groups is 1. The van der Waals surface area contributed by atoms with Crippen LogP contribution in [-0.4, -0.2) is 34.6 Å². The number of methoxy groups -OCH3 is 1. The van der Waals surface area contributed by atoms with Gasteiger partial charge in [-0.1, -0.05) is 30.0 Å². The molecule has 138 valence electrons. The van der Waals surface area contributed by atoms with Crippen molar-refractivity contribution in [1.82, 2.24) is 0 Å². The molecule has 1 aliphatic rings. The van der Waals surface area contributed by atoms with E-state index in [1.165, 1.54) is 24.9 Å². The van der Waals surface area contributed by atoms with Crippen LogP contribution in [0.3, 0.4) is 0 Å². The van der Waals surface area contributed by atoms with E-state index in [2.05, 4.69) is 9.62 Å². The van der Waals surface area contributed by atoms with Gasteiger partial charge in [0, 0.05) is 18.0 Å². The molecule has 8 heteroatoms. The van der Waals surface area contributed by atoms with Gasteiger partial charge in [0.2, 0.25) is 10.9 Å². The molecule has 1 saturated heterocycles. The molecule has 3 rings (SSSR count). The third kappa shape index (κ3) is 4.31. The lowest BCUT2D eigenvalue weighted by molar-refractivity contribution is 0.0600. The van der Waals surface area contributed by atoms with Crippen LogP contribution in [0.5, 0.6) is 0 Å². The zero-order chi connectivity index (χ0) is 18.5. The summed E-state index contributed by atoms with van der Waals surface area (Å²) in [5, 5.41) is 0. The fraction of sp³-hybridized carbons (Fsp3) is 0.278. The molecule has 0 aromatic heterocycles. The number of carbonyl (C=O) groups excluding carboxylic acids is 1. The van der Waals surface area contributed by atoms with E-state index in [-0.39, 0.29) is 0 Å². The first kappa shape index (κ1) is 18.6. The predicted octanol–water partition coefficient (Wildman–Crippen LogP) is 3.16. The Hall–Kier alpha value is -2.19. The number of hydrogen-bond acceptors (Lipinski definition) is 6. The molecule has 1 heterocycles. The molecule has 26 heavy (non-hydrogen) atoms. The maximum atomic E-state index is 12.1. The monoisotopic (exact) mass is 392 g/mol. The van der Waals surface area contributed by atoms with Crippen molar-refractivity contribution in [2.45, 2.75) is 22.6 Å². The molecule has 0 saturated carbocycles. The largest absolute Gasteiger partial charge is 0.465 e. The first-order valence-electron chi connectivity index (χ1n) is 8.23. The van der Waals surface area contributed by atoms with E-state index < -0.39 is 16.9 Å². The molecule has 1 N–H and O–H groups in total. The average molecular weight is 393 g/mol. The lowest BCUT2D eigenvalue weighted by Crippen LogP contribution is -2.20. The fourth-order valence-corrected chi connectivity index (χ4v) is 4.43. The third-order valence-corrected chi connectivity index (χ3v) is 5.68. The van der Waals surface area contributed by atoms with Crippen molar-refractivity contribution in [2.75, 3.05) is 29.8 Å². The SMILES string of the molecule is COC(=O)c1cc(N[SH](=O)=O)c(Sc2ccccc2)c(N2CCCC2)c1. The van der Waals surface area contributed by atoms with Crippen LogP contribution in [0.25, 0.3) is 0 Å². The molecule has 6 nitrogen and oxygen atoms in total. The molecule has 1 aliphatic heterocycles. The average Bonchev–Trinajstić information content (AvgIpc) is 3.17. The van der Waals surface area contributed by atoms with Crippen molar-refractivity contribution < 1.29 is 17.9 Å². The van der Waals surface area contributed by atoms with Gasteiger partial charge >= 0.3 is 5.97 Å². The van der Waals surface area contributed by atoms with Crippen LogP contribution in [0.4, 0.5) is 11.4 Å². The van der Waals surface area contributed by atoms with Crippen molar-refractivity contribution in [2.24, 2.45) is 0 Å². The molecule has 1 fully saturated rings. The van der Waals surface area contributed by atoms with Gasteiger partial charge < -0.3 is 9.64 Å². The maximum absolute atomic E-state index is 12.1. The molecule has 0 amide bonds. The number of hydrogen-bond donors (Lipinski definition) is 2. The van der Waals surface area contributed by atoms with Gasteiger partial charge in [0.25, 0.3) is 0 Å². The normalized spacial score (nSPS) is 13.8. The van der Waals surface area contributed by atoms with Crippen LogP contribution >= 0.6 is 11.8 Å². The van der Waals surface area contributed by atoms with Gasteiger partial charge in [-0.05, 0) is 37.1 Å². The van der Waals surface area contributed by atoms with E-state index >= 15 is 0 Å². The lowest BCUT2D eigenvalue weighted by Gasteiger charge is -2.24. The van der Waals surface area contributed by atoms with E-state index in [0.717, 1.165) is 41.4 Å². The van der Waals surface area contributed by atoms with Gasteiger partial charge in [-0.2, -0.15) is 0 Å². The van der Waals surface area contributed by atoms with E-state index in [1.54, 1.807) is 6.07 Å². The van der Waals surface area contributed by atoms with Gasteiger partial charge in [-0.25, -0.2) is 13.2 Å². The van der Waals surface area contributed by atoms with Gasteiger partial charge in [0.1, 0.15) is 0 Å². The van der Waals surface area contributed by atoms with Gasteiger partial charge in [-0.3, -0.25) is 4.72 Å². The molecular formula is C18H20N2O4S2. The quantitative estimate of drug-likeness (QED) is 0.581. The van der Waals surface area contributed by atoms with Gasteiger partial charge in [0.05, 0.1) is 28.9 Å². The van der Waals surface area contributed by atoms with Gasteiger partial charge in [0.15, 0.2) is 0 Å². The minimum Gasteiger partial charge on any atom is -0.465 e. The number of carbonyl (C=O) groups is 1.